The SMILES string of the molecule is CCCN(CC1CC1)C(=O)NC(C(=O)O)C(C)(C)C. The van der Waals surface area contributed by atoms with Crippen LogP contribution in [0.5, 0.6) is 0 Å². The van der Waals surface area contributed by atoms with Crippen LogP contribution in [0.1, 0.15) is 47.0 Å². The van der Waals surface area contributed by atoms with Crippen LogP contribution >= 0.6 is 0 Å². The second-order valence-electron chi connectivity index (χ2n) is 6.48. The number of rotatable bonds is 6. The minimum Gasteiger partial charge on any atom is -0.480 e. The minimum absolute atomic E-state index is 0.254. The van der Waals surface area contributed by atoms with Crippen LogP contribution < -0.4 is 5.32 Å². The van der Waals surface area contributed by atoms with Crippen LogP contribution in [0.15, 0.2) is 0 Å². The van der Waals surface area contributed by atoms with Crippen molar-refractivity contribution in [3.05, 3.63) is 0 Å². The van der Waals surface area contributed by atoms with E-state index in [0.29, 0.717) is 12.5 Å². The molecule has 2 N–H and O–H groups in total. The van der Waals surface area contributed by atoms with Crippen LogP contribution in [0.4, 0.5) is 4.79 Å². The number of carbonyl (C=O) groups is 2. The van der Waals surface area contributed by atoms with E-state index in [1.54, 1.807) is 4.90 Å². The molecule has 0 saturated heterocycles. The maximum absolute atomic E-state index is 12.2. The van der Waals surface area contributed by atoms with E-state index in [1.165, 1.54) is 12.8 Å². The van der Waals surface area contributed by atoms with Gasteiger partial charge in [-0.2, -0.15) is 0 Å². The summed E-state index contributed by atoms with van der Waals surface area (Å²) in [6.45, 7) is 8.89. The zero-order valence-corrected chi connectivity index (χ0v) is 12.4. The maximum atomic E-state index is 12.2. The average Bonchev–Trinajstić information content (AvgIpc) is 3.06. The van der Waals surface area contributed by atoms with Crippen molar-refractivity contribution in [1.29, 1.82) is 0 Å². The molecule has 0 radical (unpaired) electrons. The molecule has 110 valence electrons. The molecular weight excluding hydrogens is 244 g/mol. The lowest BCUT2D eigenvalue weighted by atomic mass is 9.87. The van der Waals surface area contributed by atoms with Gasteiger partial charge in [0.15, 0.2) is 0 Å². The van der Waals surface area contributed by atoms with Gasteiger partial charge in [-0.1, -0.05) is 27.7 Å². The highest BCUT2D eigenvalue weighted by Gasteiger charge is 2.34. The monoisotopic (exact) mass is 270 g/mol. The molecule has 5 nitrogen and oxygen atoms in total. The number of urea groups is 1. The van der Waals surface area contributed by atoms with Gasteiger partial charge in [-0.15, -0.1) is 0 Å². The normalized spacial score (nSPS) is 16.8. The number of carboxylic acid groups (broad SMARTS) is 1. The number of amides is 2. The second kappa shape index (κ2) is 6.26. The first-order valence-electron chi connectivity index (χ1n) is 7.04. The number of aliphatic carboxylic acids is 1. The van der Waals surface area contributed by atoms with Crippen molar-refractivity contribution >= 4 is 12.0 Å². The van der Waals surface area contributed by atoms with Gasteiger partial charge >= 0.3 is 12.0 Å². The zero-order valence-electron chi connectivity index (χ0n) is 12.4. The molecule has 0 aromatic heterocycles. The van der Waals surface area contributed by atoms with Gasteiger partial charge in [-0.3, -0.25) is 0 Å². The number of carboxylic acids is 1. The van der Waals surface area contributed by atoms with Crippen molar-refractivity contribution in [1.82, 2.24) is 10.2 Å². The van der Waals surface area contributed by atoms with E-state index in [9.17, 15) is 14.7 Å². The Balaban J connectivity index is 2.64. The smallest absolute Gasteiger partial charge is 0.326 e. The van der Waals surface area contributed by atoms with Crippen molar-refractivity contribution in [3.8, 4) is 0 Å². The molecule has 0 aromatic carbocycles. The van der Waals surface area contributed by atoms with Crippen molar-refractivity contribution < 1.29 is 14.7 Å². The summed E-state index contributed by atoms with van der Waals surface area (Å²) < 4.78 is 0. The van der Waals surface area contributed by atoms with Crippen LogP contribution in [-0.2, 0) is 4.79 Å². The molecule has 0 heterocycles. The molecule has 1 atom stereocenters. The lowest BCUT2D eigenvalue weighted by Crippen LogP contribution is -2.53. The number of hydrogen-bond donors (Lipinski definition) is 2. The van der Waals surface area contributed by atoms with Crippen LogP contribution in [-0.4, -0.2) is 41.1 Å². The zero-order chi connectivity index (χ0) is 14.6. The molecule has 1 rings (SSSR count). The Kier molecular flexibility index (Phi) is 5.20. The van der Waals surface area contributed by atoms with Gasteiger partial charge in [-0.25, -0.2) is 9.59 Å². The molecular formula is C14H26N2O3. The summed E-state index contributed by atoms with van der Waals surface area (Å²) in [5.41, 5.74) is -0.501. The Bertz CT molecular complexity index is 332. The molecule has 1 saturated carbocycles. The average molecular weight is 270 g/mol. The summed E-state index contributed by atoms with van der Waals surface area (Å²) >= 11 is 0. The number of nitrogens with zero attached hydrogens (tertiary/aromatic N) is 1. The molecule has 19 heavy (non-hydrogen) atoms. The van der Waals surface area contributed by atoms with E-state index >= 15 is 0 Å². The van der Waals surface area contributed by atoms with E-state index in [4.69, 9.17) is 0 Å². The number of carbonyl (C=O) groups excluding carboxylic acids is 1. The highest BCUT2D eigenvalue weighted by atomic mass is 16.4. The Morgan fingerprint density at radius 3 is 2.32 bits per heavy atom. The lowest BCUT2D eigenvalue weighted by Gasteiger charge is -2.31. The van der Waals surface area contributed by atoms with Gasteiger partial charge < -0.3 is 15.3 Å². The molecule has 1 aliphatic carbocycles. The van der Waals surface area contributed by atoms with Crippen LogP contribution in [0.3, 0.4) is 0 Å². The van der Waals surface area contributed by atoms with Crippen molar-refractivity contribution in [3.63, 3.8) is 0 Å². The van der Waals surface area contributed by atoms with E-state index in [-0.39, 0.29) is 6.03 Å². The summed E-state index contributed by atoms with van der Waals surface area (Å²) in [6.07, 6.45) is 3.23. The van der Waals surface area contributed by atoms with Crippen LogP contribution in [0.2, 0.25) is 0 Å². The largest absolute Gasteiger partial charge is 0.480 e. The third kappa shape index (κ3) is 5.09. The Labute approximate surface area is 115 Å². The molecule has 1 aliphatic rings. The molecule has 0 aromatic rings. The molecule has 0 bridgehead atoms. The molecule has 1 unspecified atom stereocenters. The van der Waals surface area contributed by atoms with Gasteiger partial charge in [0.05, 0.1) is 0 Å². The first-order chi connectivity index (χ1) is 8.75. The van der Waals surface area contributed by atoms with Crippen molar-refractivity contribution in [2.24, 2.45) is 11.3 Å². The topological polar surface area (TPSA) is 69.6 Å². The summed E-state index contributed by atoms with van der Waals surface area (Å²) in [6, 6.07) is -1.12. The van der Waals surface area contributed by atoms with Crippen LogP contribution in [0, 0.1) is 11.3 Å². The fraction of sp³-hybridized carbons (Fsp3) is 0.857. The predicted octanol–water partition coefficient (Wildman–Crippen LogP) is 2.32. The first-order valence-corrected chi connectivity index (χ1v) is 7.04. The van der Waals surface area contributed by atoms with E-state index < -0.39 is 17.4 Å². The second-order valence-corrected chi connectivity index (χ2v) is 6.48. The van der Waals surface area contributed by atoms with Gasteiger partial charge in [0.2, 0.25) is 0 Å². The van der Waals surface area contributed by atoms with Gasteiger partial charge in [0, 0.05) is 13.1 Å². The van der Waals surface area contributed by atoms with Crippen molar-refractivity contribution in [2.45, 2.75) is 53.0 Å². The maximum Gasteiger partial charge on any atom is 0.326 e. The standard InChI is InChI=1S/C14H26N2O3/c1-5-8-16(9-10-6-7-10)13(19)15-11(12(17)18)14(2,3)4/h10-11H,5-9H2,1-4H3,(H,15,19)(H,17,18). The fourth-order valence-corrected chi connectivity index (χ4v) is 2.02. The molecule has 0 spiro atoms. The number of hydrogen-bond acceptors (Lipinski definition) is 2. The van der Waals surface area contributed by atoms with Crippen molar-refractivity contribution in [2.75, 3.05) is 13.1 Å². The summed E-state index contributed by atoms with van der Waals surface area (Å²) in [5, 5.41) is 11.9. The quantitative estimate of drug-likeness (QED) is 0.778. The van der Waals surface area contributed by atoms with E-state index in [2.05, 4.69) is 5.32 Å². The predicted molar refractivity (Wildman–Crippen MR) is 74.0 cm³/mol. The fourth-order valence-electron chi connectivity index (χ4n) is 2.02. The minimum atomic E-state index is -0.983. The summed E-state index contributed by atoms with van der Waals surface area (Å²) in [4.78, 5) is 25.2. The van der Waals surface area contributed by atoms with E-state index in [0.717, 1.165) is 13.0 Å². The molecule has 2 amide bonds. The van der Waals surface area contributed by atoms with E-state index in [1.807, 2.05) is 27.7 Å². The van der Waals surface area contributed by atoms with Gasteiger partial charge in [0.25, 0.3) is 0 Å². The first kappa shape index (κ1) is 15.8. The Morgan fingerprint density at radius 2 is 1.95 bits per heavy atom. The molecule has 1 fully saturated rings. The third-order valence-corrected chi connectivity index (χ3v) is 3.34. The highest BCUT2D eigenvalue weighted by Crippen LogP contribution is 2.30. The summed E-state index contributed by atoms with van der Waals surface area (Å²) in [5.74, 6) is -0.376. The Hall–Kier alpha value is -1.26. The van der Waals surface area contributed by atoms with Gasteiger partial charge in [-0.05, 0) is 30.6 Å². The summed E-state index contributed by atoms with van der Waals surface area (Å²) in [7, 11) is 0. The molecule has 5 heteroatoms. The van der Waals surface area contributed by atoms with Gasteiger partial charge in [0.1, 0.15) is 6.04 Å². The molecule has 0 aliphatic heterocycles. The third-order valence-electron chi connectivity index (χ3n) is 3.34. The van der Waals surface area contributed by atoms with Crippen LogP contribution in [0.25, 0.3) is 0 Å². The number of nitrogens with one attached hydrogen (secondary N) is 1. The Morgan fingerprint density at radius 1 is 1.37 bits per heavy atom. The lowest BCUT2D eigenvalue weighted by molar-refractivity contribution is -0.142. The highest BCUT2D eigenvalue weighted by molar-refractivity contribution is 5.83.